The molecule has 130 valence electrons. The van der Waals surface area contributed by atoms with E-state index < -0.39 is 26.7 Å². The van der Waals surface area contributed by atoms with Crippen molar-refractivity contribution in [1.82, 2.24) is 0 Å². The Kier molecular flexibility index (Phi) is 5.46. The number of anilines is 1. The molecule has 0 atom stereocenters. The Morgan fingerprint density at radius 3 is 2.46 bits per heavy atom. The summed E-state index contributed by atoms with van der Waals surface area (Å²) in [5.41, 5.74) is -0.204. The predicted octanol–water partition coefficient (Wildman–Crippen LogP) is 3.72. The second-order valence-electron chi connectivity index (χ2n) is 4.82. The van der Waals surface area contributed by atoms with E-state index in [0.29, 0.717) is 16.5 Å². The van der Waals surface area contributed by atoms with E-state index in [1.807, 2.05) is 0 Å². The van der Waals surface area contributed by atoms with Gasteiger partial charge in [0, 0.05) is 4.90 Å². The van der Waals surface area contributed by atoms with Crippen LogP contribution in [0.15, 0.2) is 52.3 Å². The molecule has 0 radical (unpaired) electrons. The first-order valence-electron chi connectivity index (χ1n) is 6.65. The van der Waals surface area contributed by atoms with Gasteiger partial charge >= 0.3 is 6.18 Å². The lowest BCUT2D eigenvalue weighted by atomic mass is 10.2. The number of thioether (sulfide) groups is 1. The highest BCUT2D eigenvalue weighted by Crippen LogP contribution is 2.32. The Bertz CT molecular complexity index is 836. The van der Waals surface area contributed by atoms with Gasteiger partial charge in [0.2, 0.25) is 0 Å². The maximum Gasteiger partial charge on any atom is 0.416 e. The summed E-state index contributed by atoms with van der Waals surface area (Å²) in [5.74, 6) is 0. The lowest BCUT2D eigenvalue weighted by Crippen LogP contribution is -2.15. The van der Waals surface area contributed by atoms with Crippen molar-refractivity contribution in [2.45, 2.75) is 22.6 Å². The molecule has 0 bridgehead atoms. The number of hydrogen-bond donors (Lipinski definition) is 2. The number of halogens is 3. The molecule has 0 amide bonds. The monoisotopic (exact) mass is 377 g/mol. The molecule has 0 heterocycles. The van der Waals surface area contributed by atoms with Gasteiger partial charge in [-0.15, -0.1) is 11.8 Å². The topological polar surface area (TPSA) is 66.4 Å². The van der Waals surface area contributed by atoms with Gasteiger partial charge in [0.05, 0.1) is 22.8 Å². The van der Waals surface area contributed by atoms with Crippen molar-refractivity contribution in [2.24, 2.45) is 0 Å². The number of aliphatic hydroxyl groups is 1. The van der Waals surface area contributed by atoms with Gasteiger partial charge in [-0.05, 0) is 42.2 Å². The molecule has 2 N–H and O–H groups in total. The molecule has 0 aromatic heterocycles. The fraction of sp³-hybridized carbons (Fsp3) is 0.200. The van der Waals surface area contributed by atoms with Gasteiger partial charge in [-0.1, -0.05) is 12.1 Å². The van der Waals surface area contributed by atoms with Crippen LogP contribution in [0, 0.1) is 0 Å². The van der Waals surface area contributed by atoms with Gasteiger partial charge in [0.25, 0.3) is 10.0 Å². The zero-order valence-electron chi connectivity index (χ0n) is 12.5. The number of rotatable bonds is 5. The molecule has 0 spiro atoms. The van der Waals surface area contributed by atoms with Crippen molar-refractivity contribution >= 4 is 27.5 Å². The number of nitrogens with one attached hydrogen (secondary N) is 1. The van der Waals surface area contributed by atoms with E-state index in [9.17, 15) is 21.6 Å². The van der Waals surface area contributed by atoms with Crippen LogP contribution in [0.25, 0.3) is 0 Å². The van der Waals surface area contributed by atoms with Crippen LogP contribution in [0.4, 0.5) is 18.9 Å². The van der Waals surface area contributed by atoms with Crippen LogP contribution in [0.3, 0.4) is 0 Å². The minimum atomic E-state index is -4.63. The smallest absolute Gasteiger partial charge is 0.392 e. The van der Waals surface area contributed by atoms with Crippen LogP contribution in [0.1, 0.15) is 11.1 Å². The third-order valence-corrected chi connectivity index (χ3v) is 5.31. The highest BCUT2D eigenvalue weighted by atomic mass is 32.2. The van der Waals surface area contributed by atoms with E-state index in [1.54, 1.807) is 12.3 Å². The lowest BCUT2D eigenvalue weighted by Gasteiger charge is -2.13. The summed E-state index contributed by atoms with van der Waals surface area (Å²) < 4.78 is 65.2. The molecule has 4 nitrogen and oxygen atoms in total. The SMILES string of the molecule is CSc1cc(CO)ccc1NS(=O)(=O)c1cccc(C(F)(F)F)c1. The number of benzene rings is 2. The molecule has 0 aliphatic rings. The molecule has 24 heavy (non-hydrogen) atoms. The third-order valence-electron chi connectivity index (χ3n) is 3.16. The van der Waals surface area contributed by atoms with Crippen LogP contribution in [-0.4, -0.2) is 19.8 Å². The van der Waals surface area contributed by atoms with E-state index in [0.717, 1.165) is 18.2 Å². The lowest BCUT2D eigenvalue weighted by molar-refractivity contribution is -0.137. The Morgan fingerprint density at radius 2 is 1.88 bits per heavy atom. The minimum absolute atomic E-state index is 0.200. The summed E-state index contributed by atoms with van der Waals surface area (Å²) in [5, 5.41) is 9.11. The fourth-order valence-corrected chi connectivity index (χ4v) is 3.76. The van der Waals surface area contributed by atoms with Crippen molar-refractivity contribution in [3.63, 3.8) is 0 Å². The van der Waals surface area contributed by atoms with Crippen molar-refractivity contribution in [1.29, 1.82) is 0 Å². The number of sulfonamides is 1. The van der Waals surface area contributed by atoms with E-state index in [1.165, 1.54) is 23.9 Å². The third kappa shape index (κ3) is 4.22. The summed E-state index contributed by atoms with van der Waals surface area (Å²) >= 11 is 1.25. The van der Waals surface area contributed by atoms with Crippen molar-refractivity contribution in [3.8, 4) is 0 Å². The number of aliphatic hydroxyl groups excluding tert-OH is 1. The number of hydrogen-bond acceptors (Lipinski definition) is 4. The van der Waals surface area contributed by atoms with E-state index >= 15 is 0 Å². The molecule has 2 aromatic carbocycles. The molecule has 0 aliphatic carbocycles. The zero-order valence-corrected chi connectivity index (χ0v) is 14.1. The van der Waals surface area contributed by atoms with Crippen LogP contribution >= 0.6 is 11.8 Å². The molecule has 2 rings (SSSR count). The zero-order chi connectivity index (χ0) is 18.0. The Morgan fingerprint density at radius 1 is 1.17 bits per heavy atom. The highest BCUT2D eigenvalue weighted by molar-refractivity contribution is 7.99. The quantitative estimate of drug-likeness (QED) is 0.780. The van der Waals surface area contributed by atoms with Gasteiger partial charge in [-0.25, -0.2) is 8.42 Å². The van der Waals surface area contributed by atoms with Crippen LogP contribution < -0.4 is 4.72 Å². The normalized spacial score (nSPS) is 12.2. The summed E-state index contributed by atoms with van der Waals surface area (Å²) in [6.07, 6.45) is -2.91. The van der Waals surface area contributed by atoms with Crippen LogP contribution in [-0.2, 0) is 22.8 Å². The van der Waals surface area contributed by atoms with Crippen LogP contribution in [0.5, 0.6) is 0 Å². The van der Waals surface area contributed by atoms with Gasteiger partial charge in [0.1, 0.15) is 0 Å². The first kappa shape index (κ1) is 18.6. The van der Waals surface area contributed by atoms with Crippen molar-refractivity contribution in [2.75, 3.05) is 11.0 Å². The van der Waals surface area contributed by atoms with Crippen molar-refractivity contribution < 1.29 is 26.7 Å². The first-order valence-corrected chi connectivity index (χ1v) is 9.36. The van der Waals surface area contributed by atoms with Gasteiger partial charge < -0.3 is 5.11 Å². The Balaban J connectivity index is 2.39. The molecule has 0 unspecified atom stereocenters. The highest BCUT2D eigenvalue weighted by Gasteiger charge is 2.31. The second-order valence-corrected chi connectivity index (χ2v) is 7.35. The van der Waals surface area contributed by atoms with Gasteiger partial charge in [0.15, 0.2) is 0 Å². The fourth-order valence-electron chi connectivity index (χ4n) is 1.96. The van der Waals surface area contributed by atoms with Gasteiger partial charge in [-0.2, -0.15) is 13.2 Å². The number of alkyl halides is 3. The molecule has 0 saturated heterocycles. The average Bonchev–Trinajstić information content (AvgIpc) is 2.54. The first-order chi connectivity index (χ1) is 11.2. The maximum absolute atomic E-state index is 12.7. The van der Waals surface area contributed by atoms with E-state index in [2.05, 4.69) is 4.72 Å². The van der Waals surface area contributed by atoms with Crippen molar-refractivity contribution in [3.05, 3.63) is 53.6 Å². The molecule has 2 aromatic rings. The van der Waals surface area contributed by atoms with Crippen LogP contribution in [0.2, 0.25) is 0 Å². The molecular formula is C15H14F3NO3S2. The summed E-state index contributed by atoms with van der Waals surface area (Å²) in [6.45, 7) is -0.200. The summed E-state index contributed by atoms with van der Waals surface area (Å²) in [7, 11) is -4.17. The Labute approximate surface area is 141 Å². The standard InChI is InChI=1S/C15H14F3NO3S2/c1-23-14-7-10(9-20)5-6-13(14)19-24(21,22)12-4-2-3-11(8-12)15(16,17)18/h2-8,19-20H,9H2,1H3. The predicted molar refractivity (Wildman–Crippen MR) is 86.4 cm³/mol. The molecule has 0 saturated carbocycles. The summed E-state index contributed by atoms with van der Waals surface area (Å²) in [4.78, 5) is 0.0766. The Hall–Kier alpha value is -1.71. The maximum atomic E-state index is 12.7. The average molecular weight is 377 g/mol. The molecule has 9 heteroatoms. The largest absolute Gasteiger partial charge is 0.416 e. The molecule has 0 aliphatic heterocycles. The molecular weight excluding hydrogens is 363 g/mol. The van der Waals surface area contributed by atoms with Gasteiger partial charge in [-0.3, -0.25) is 4.72 Å². The minimum Gasteiger partial charge on any atom is -0.392 e. The van der Waals surface area contributed by atoms with E-state index in [-0.39, 0.29) is 12.3 Å². The summed E-state index contributed by atoms with van der Waals surface area (Å²) in [6, 6.07) is 8.13. The second kappa shape index (κ2) is 7.04. The molecule has 0 fully saturated rings. The van der Waals surface area contributed by atoms with E-state index in [4.69, 9.17) is 5.11 Å².